The third kappa shape index (κ3) is 7.68. The van der Waals surface area contributed by atoms with E-state index in [4.69, 9.17) is 4.99 Å². The lowest BCUT2D eigenvalue weighted by Crippen LogP contribution is -2.49. The zero-order chi connectivity index (χ0) is 30.8. The van der Waals surface area contributed by atoms with Gasteiger partial charge in [-0.2, -0.15) is 18.2 Å². The Bertz CT molecular complexity index is 1570. The number of pyridine rings is 1. The van der Waals surface area contributed by atoms with Crippen molar-refractivity contribution in [1.29, 1.82) is 0 Å². The van der Waals surface area contributed by atoms with E-state index in [2.05, 4.69) is 29.3 Å². The molecule has 1 atom stereocenters. The summed E-state index contributed by atoms with van der Waals surface area (Å²) in [5, 5.41) is 3.68. The highest BCUT2D eigenvalue weighted by Gasteiger charge is 2.31. The quantitative estimate of drug-likeness (QED) is 0.438. The fourth-order valence-corrected chi connectivity index (χ4v) is 6.49. The molecule has 232 valence electrons. The summed E-state index contributed by atoms with van der Waals surface area (Å²) in [5.74, 6) is -1.63. The molecule has 3 aliphatic rings. The highest BCUT2D eigenvalue weighted by atomic mass is 32.2. The smallest absolute Gasteiger partial charge is 0.352 e. The molecule has 0 aromatic carbocycles. The predicted molar refractivity (Wildman–Crippen MR) is 153 cm³/mol. The Kier molecular flexibility index (Phi) is 9.65. The molecule has 4 rings (SSSR count). The van der Waals surface area contributed by atoms with Gasteiger partial charge in [0.15, 0.2) is 0 Å². The number of fused-ring (bicyclic) bond motifs is 1. The third-order valence-corrected chi connectivity index (χ3v) is 9.31. The van der Waals surface area contributed by atoms with Crippen molar-refractivity contribution in [3.05, 3.63) is 56.4 Å². The molecule has 1 aromatic rings. The Balaban J connectivity index is 1.62. The van der Waals surface area contributed by atoms with Gasteiger partial charge in [-0.3, -0.25) is 14.1 Å². The second-order valence-corrected chi connectivity index (χ2v) is 13.2. The summed E-state index contributed by atoms with van der Waals surface area (Å²) < 4.78 is 80.1. The van der Waals surface area contributed by atoms with E-state index in [0.29, 0.717) is 35.0 Å². The molecule has 0 spiro atoms. The lowest BCUT2D eigenvalue weighted by atomic mass is 9.90. The Hall–Kier alpha value is -3.00. The number of guanidine groups is 1. The molecule has 0 radical (unpaired) electrons. The van der Waals surface area contributed by atoms with Crippen LogP contribution in [0.4, 0.5) is 17.6 Å². The summed E-state index contributed by atoms with van der Waals surface area (Å²) in [6, 6.07) is 2.23. The molecule has 1 saturated carbocycles. The van der Waals surface area contributed by atoms with Crippen LogP contribution in [0.1, 0.15) is 70.4 Å². The van der Waals surface area contributed by atoms with E-state index < -0.39 is 46.3 Å². The molecule has 2 N–H and O–H groups in total. The van der Waals surface area contributed by atoms with Gasteiger partial charge in [0, 0.05) is 35.3 Å². The van der Waals surface area contributed by atoms with Crippen LogP contribution in [0.5, 0.6) is 0 Å². The van der Waals surface area contributed by atoms with E-state index in [9.17, 15) is 26.4 Å². The molecule has 0 saturated heterocycles. The van der Waals surface area contributed by atoms with Gasteiger partial charge in [0.2, 0.25) is 16.0 Å². The summed E-state index contributed by atoms with van der Waals surface area (Å²) in [6.45, 7) is 4.12. The summed E-state index contributed by atoms with van der Waals surface area (Å²) in [7, 11) is -0.242. The zero-order valence-corrected chi connectivity index (χ0v) is 25.1. The van der Waals surface area contributed by atoms with E-state index in [1.165, 1.54) is 6.08 Å². The Morgan fingerprint density at radius 1 is 1.17 bits per heavy atom. The first-order chi connectivity index (χ1) is 19.7. The molecular formula is C28H38F4N6O3S. The normalized spacial score (nSPS) is 23.3. The molecule has 0 unspecified atom stereocenters. The number of nitrogens with one attached hydrogen (secondary N) is 2. The highest BCUT2D eigenvalue weighted by molar-refractivity contribution is 7.89. The molecule has 1 aliphatic heterocycles. The van der Waals surface area contributed by atoms with Crippen LogP contribution >= 0.6 is 0 Å². The fourth-order valence-electron chi connectivity index (χ4n) is 5.38. The van der Waals surface area contributed by atoms with Crippen molar-refractivity contribution in [2.75, 3.05) is 19.8 Å². The van der Waals surface area contributed by atoms with Crippen molar-refractivity contribution >= 4 is 21.6 Å². The lowest BCUT2D eigenvalue weighted by molar-refractivity contribution is -0.129. The molecule has 42 heavy (non-hydrogen) atoms. The zero-order valence-electron chi connectivity index (χ0n) is 24.3. The molecule has 1 aromatic heterocycles. The summed E-state index contributed by atoms with van der Waals surface area (Å²) in [6.07, 6.45) is 0.699. The van der Waals surface area contributed by atoms with Crippen LogP contribution in [-0.2, 0) is 16.6 Å². The summed E-state index contributed by atoms with van der Waals surface area (Å²) >= 11 is 0. The molecule has 0 bridgehead atoms. The minimum atomic E-state index is -4.66. The fraction of sp³-hybridized carbons (Fsp3) is 0.607. The number of hydrogen-bond donors (Lipinski definition) is 2. The SMILES string of the molecule is CC[C@@H](C)n1c2c(cc(=C3C=CC(NS(=O)(=O)CCC(F)(F)F)=C(F)C3)c1=O)CN=C(NC1CCC(N(C)C)CC1)N=2. The molecular weight excluding hydrogens is 576 g/mol. The number of allylic oxidation sites excluding steroid dienone is 3. The number of rotatable bonds is 8. The molecule has 2 aliphatic carbocycles. The third-order valence-electron chi connectivity index (χ3n) is 8.04. The van der Waals surface area contributed by atoms with Crippen molar-refractivity contribution in [2.24, 2.45) is 9.98 Å². The molecule has 2 heterocycles. The maximum Gasteiger partial charge on any atom is 0.390 e. The molecule has 1 fully saturated rings. The largest absolute Gasteiger partial charge is 0.390 e. The van der Waals surface area contributed by atoms with Crippen molar-refractivity contribution in [3.63, 3.8) is 0 Å². The second kappa shape index (κ2) is 12.7. The number of hydrogen-bond acceptors (Lipinski definition) is 7. The van der Waals surface area contributed by atoms with Crippen molar-refractivity contribution < 1.29 is 26.0 Å². The number of halogens is 4. The van der Waals surface area contributed by atoms with Crippen molar-refractivity contribution in [2.45, 2.75) is 89.6 Å². The van der Waals surface area contributed by atoms with Gasteiger partial charge in [0.25, 0.3) is 5.56 Å². The van der Waals surface area contributed by atoms with Crippen molar-refractivity contribution in [3.8, 4) is 0 Å². The van der Waals surface area contributed by atoms with Gasteiger partial charge >= 0.3 is 6.18 Å². The number of aromatic nitrogens is 1. The van der Waals surface area contributed by atoms with Crippen LogP contribution < -0.4 is 26.3 Å². The minimum Gasteiger partial charge on any atom is -0.352 e. The van der Waals surface area contributed by atoms with Gasteiger partial charge in [0.05, 0.1) is 24.4 Å². The minimum absolute atomic E-state index is 0.214. The molecule has 9 nitrogen and oxygen atoms in total. The maximum absolute atomic E-state index is 15.0. The van der Waals surface area contributed by atoms with E-state index in [1.54, 1.807) is 10.6 Å². The maximum atomic E-state index is 15.0. The van der Waals surface area contributed by atoms with Crippen LogP contribution in [0.25, 0.3) is 5.57 Å². The van der Waals surface area contributed by atoms with Gasteiger partial charge in [-0.25, -0.2) is 17.8 Å². The van der Waals surface area contributed by atoms with Gasteiger partial charge in [-0.15, -0.1) is 0 Å². The van der Waals surface area contributed by atoms with Crippen LogP contribution in [0.15, 0.2) is 44.5 Å². The summed E-state index contributed by atoms with van der Waals surface area (Å²) in [5.41, 5.74) is 0.723. The topological polar surface area (TPSA) is 108 Å². The van der Waals surface area contributed by atoms with E-state index in [1.807, 2.05) is 18.6 Å². The van der Waals surface area contributed by atoms with Gasteiger partial charge in [-0.1, -0.05) is 13.0 Å². The Labute approximate surface area is 242 Å². The number of alkyl halides is 3. The van der Waals surface area contributed by atoms with Crippen molar-refractivity contribution in [1.82, 2.24) is 19.5 Å². The van der Waals surface area contributed by atoms with E-state index in [0.717, 1.165) is 31.8 Å². The number of sulfonamides is 1. The van der Waals surface area contributed by atoms with Crippen LogP contribution in [0, 0.1) is 0 Å². The van der Waals surface area contributed by atoms with Gasteiger partial charge in [0.1, 0.15) is 11.3 Å². The van der Waals surface area contributed by atoms with Crippen LogP contribution in [0.2, 0.25) is 0 Å². The predicted octanol–water partition coefficient (Wildman–Crippen LogP) is 2.93. The molecule has 0 amide bonds. The second-order valence-electron chi connectivity index (χ2n) is 11.3. The van der Waals surface area contributed by atoms with E-state index in [-0.39, 0.29) is 29.4 Å². The van der Waals surface area contributed by atoms with E-state index >= 15 is 4.39 Å². The highest BCUT2D eigenvalue weighted by Crippen LogP contribution is 2.25. The average Bonchev–Trinajstić information content (AvgIpc) is 2.92. The monoisotopic (exact) mass is 614 g/mol. The first-order valence-corrected chi connectivity index (χ1v) is 15.8. The molecule has 14 heteroatoms. The summed E-state index contributed by atoms with van der Waals surface area (Å²) in [4.78, 5) is 25.4. The average molecular weight is 615 g/mol. The first kappa shape index (κ1) is 31.9. The Morgan fingerprint density at radius 3 is 2.45 bits per heavy atom. The number of nitrogens with zero attached hydrogens (tertiary/aromatic N) is 4. The standard InChI is InChI=1S/C28H38F4N6O3S/c1-5-17(2)38-25-19(16-33-27(35-25)34-20-7-9-21(10-8-20)37(3)4)14-22(26(38)39)18-6-11-24(23(29)15-18)36-42(40,41)13-12-28(30,31)32/h6,11,14,17,20-21,36H,5,7-10,12-13,15-16H2,1-4H3,(H,33,34)/t17-,20?,21?/m1/s1. The Morgan fingerprint density at radius 2 is 1.86 bits per heavy atom. The van der Waals surface area contributed by atoms with Gasteiger partial charge in [-0.05, 0) is 70.8 Å². The lowest BCUT2D eigenvalue weighted by Gasteiger charge is -2.33. The van der Waals surface area contributed by atoms with Gasteiger partial charge < -0.3 is 10.2 Å². The van der Waals surface area contributed by atoms with Crippen LogP contribution in [0.3, 0.4) is 0 Å². The first-order valence-electron chi connectivity index (χ1n) is 14.1. The van der Waals surface area contributed by atoms with Crippen LogP contribution in [-0.4, -0.2) is 62.0 Å². The number of aliphatic imine (C=N–C) groups is 1.